The van der Waals surface area contributed by atoms with Crippen LogP contribution in [0.3, 0.4) is 0 Å². The molecule has 6 nitrogen and oxygen atoms in total. The molecule has 0 bridgehead atoms. The van der Waals surface area contributed by atoms with Crippen LogP contribution in [0.2, 0.25) is 0 Å². The van der Waals surface area contributed by atoms with Crippen molar-refractivity contribution in [2.75, 3.05) is 29.7 Å². The number of esters is 1. The number of rotatable bonds is 10. The van der Waals surface area contributed by atoms with Gasteiger partial charge in [-0.15, -0.1) is 23.2 Å². The van der Waals surface area contributed by atoms with Gasteiger partial charge in [0.15, 0.2) is 0 Å². The highest BCUT2D eigenvalue weighted by atomic mass is 35.5. The number of hydrogen-bond donors (Lipinski definition) is 1. The van der Waals surface area contributed by atoms with Gasteiger partial charge in [0, 0.05) is 36.6 Å². The van der Waals surface area contributed by atoms with Crippen LogP contribution >= 0.6 is 23.2 Å². The van der Waals surface area contributed by atoms with E-state index in [2.05, 4.69) is 16.3 Å². The molecule has 8 heteroatoms. The molecule has 1 rings (SSSR count). The molecule has 1 N–H and O–H groups in total. The summed E-state index contributed by atoms with van der Waals surface area (Å²) in [4.78, 5) is 27.2. The van der Waals surface area contributed by atoms with Crippen LogP contribution in [0.15, 0.2) is 18.2 Å². The average molecular weight is 489 g/mol. The molecule has 32 heavy (non-hydrogen) atoms. The first-order valence-corrected chi connectivity index (χ1v) is 12.0. The second-order valence-corrected chi connectivity index (χ2v) is 10.6. The maximum atomic E-state index is 12.6. The van der Waals surface area contributed by atoms with Crippen molar-refractivity contribution in [2.24, 2.45) is 0 Å². The summed E-state index contributed by atoms with van der Waals surface area (Å²) >= 11 is 12.0. The van der Waals surface area contributed by atoms with Crippen LogP contribution in [0.4, 0.5) is 10.5 Å². The van der Waals surface area contributed by atoms with E-state index in [1.165, 1.54) is 0 Å². The van der Waals surface area contributed by atoms with Gasteiger partial charge in [-0.3, -0.25) is 4.79 Å². The third kappa shape index (κ3) is 11.3. The lowest BCUT2D eigenvalue weighted by Crippen LogP contribution is -2.42. The monoisotopic (exact) mass is 488 g/mol. The van der Waals surface area contributed by atoms with Crippen LogP contribution in [0.1, 0.15) is 59.1 Å². The molecule has 0 saturated heterocycles. The SMILES string of the molecule is Cc1ccc(N(CCCl)CCCl)c(CC(CC(=O)OC(C)(C)C)NC(=O)OC(C)(C)C)c1. The fourth-order valence-corrected chi connectivity index (χ4v) is 3.65. The van der Waals surface area contributed by atoms with Crippen molar-refractivity contribution in [3.63, 3.8) is 0 Å². The molecular weight excluding hydrogens is 451 g/mol. The first kappa shape index (κ1) is 28.4. The molecule has 0 saturated carbocycles. The molecule has 0 heterocycles. The Morgan fingerprint density at radius 3 is 2.06 bits per heavy atom. The number of alkyl halides is 2. The Bertz CT molecular complexity index is 721. The van der Waals surface area contributed by atoms with Crippen LogP contribution in [0, 0.1) is 6.92 Å². The minimum Gasteiger partial charge on any atom is -0.460 e. The van der Waals surface area contributed by atoms with Crippen molar-refractivity contribution in [2.45, 2.75) is 78.6 Å². The molecule has 0 aliphatic rings. The minimum absolute atomic E-state index is 0.0227. The third-order valence-electron chi connectivity index (χ3n) is 4.30. The Morgan fingerprint density at radius 2 is 1.56 bits per heavy atom. The second kappa shape index (κ2) is 12.5. The molecular formula is C24H38Cl2N2O4. The van der Waals surface area contributed by atoms with Crippen molar-refractivity contribution in [3.8, 4) is 0 Å². The van der Waals surface area contributed by atoms with Crippen molar-refractivity contribution < 1.29 is 19.1 Å². The van der Waals surface area contributed by atoms with Crippen molar-refractivity contribution in [3.05, 3.63) is 29.3 Å². The second-order valence-electron chi connectivity index (χ2n) is 9.84. The minimum atomic E-state index is -0.646. The number of ether oxygens (including phenoxy) is 2. The molecule has 0 aliphatic carbocycles. The molecule has 1 atom stereocenters. The third-order valence-corrected chi connectivity index (χ3v) is 4.64. The van der Waals surface area contributed by atoms with E-state index in [4.69, 9.17) is 32.7 Å². The Morgan fingerprint density at radius 1 is 1.00 bits per heavy atom. The van der Waals surface area contributed by atoms with Gasteiger partial charge in [-0.2, -0.15) is 0 Å². The van der Waals surface area contributed by atoms with Gasteiger partial charge in [-0.25, -0.2) is 4.79 Å². The summed E-state index contributed by atoms with van der Waals surface area (Å²) in [7, 11) is 0. The van der Waals surface area contributed by atoms with Crippen LogP contribution in [0.5, 0.6) is 0 Å². The summed E-state index contributed by atoms with van der Waals surface area (Å²) in [6.07, 6.45) is -0.121. The fourth-order valence-electron chi connectivity index (χ4n) is 3.24. The summed E-state index contributed by atoms with van der Waals surface area (Å²) in [6, 6.07) is 5.61. The fraction of sp³-hybridized carbons (Fsp3) is 0.667. The molecule has 1 aromatic rings. The number of alkyl carbamates (subject to hydrolysis) is 1. The average Bonchev–Trinajstić information content (AvgIpc) is 2.58. The molecule has 1 unspecified atom stereocenters. The summed E-state index contributed by atoms with van der Waals surface area (Å²) in [5, 5.41) is 2.86. The highest BCUT2D eigenvalue weighted by Gasteiger charge is 2.26. The molecule has 0 radical (unpaired) electrons. The molecule has 1 aromatic carbocycles. The predicted octanol–water partition coefficient (Wildman–Crippen LogP) is 5.45. The van der Waals surface area contributed by atoms with Gasteiger partial charge in [-0.05, 0) is 66.5 Å². The van der Waals surface area contributed by atoms with Crippen LogP contribution < -0.4 is 10.2 Å². The zero-order valence-corrected chi connectivity index (χ0v) is 21.9. The normalized spacial score (nSPS) is 12.8. The lowest BCUT2D eigenvalue weighted by molar-refractivity contribution is -0.155. The molecule has 0 aromatic heterocycles. The van der Waals surface area contributed by atoms with E-state index < -0.39 is 23.3 Å². The number of anilines is 1. The van der Waals surface area contributed by atoms with Gasteiger partial charge in [0.25, 0.3) is 0 Å². The largest absolute Gasteiger partial charge is 0.460 e. The van der Waals surface area contributed by atoms with E-state index in [0.717, 1.165) is 16.8 Å². The van der Waals surface area contributed by atoms with Gasteiger partial charge < -0.3 is 19.7 Å². The Kier molecular flexibility index (Phi) is 11.1. The lowest BCUT2D eigenvalue weighted by Gasteiger charge is -2.29. The van der Waals surface area contributed by atoms with Gasteiger partial charge in [-0.1, -0.05) is 17.7 Å². The Balaban J connectivity index is 3.20. The van der Waals surface area contributed by atoms with E-state index in [1.807, 2.05) is 39.8 Å². The van der Waals surface area contributed by atoms with Gasteiger partial charge in [0.2, 0.25) is 0 Å². The first-order valence-electron chi connectivity index (χ1n) is 10.9. The maximum absolute atomic E-state index is 12.6. The predicted molar refractivity (Wildman–Crippen MR) is 132 cm³/mol. The molecule has 0 fully saturated rings. The van der Waals surface area contributed by atoms with Crippen LogP contribution in [-0.2, 0) is 20.7 Å². The maximum Gasteiger partial charge on any atom is 0.407 e. The molecule has 0 aliphatic heterocycles. The zero-order valence-electron chi connectivity index (χ0n) is 20.4. The Hall–Kier alpha value is -1.66. The van der Waals surface area contributed by atoms with E-state index in [0.29, 0.717) is 31.3 Å². The molecule has 0 spiro atoms. The highest BCUT2D eigenvalue weighted by molar-refractivity contribution is 6.18. The molecule has 1 amide bonds. The van der Waals surface area contributed by atoms with E-state index >= 15 is 0 Å². The van der Waals surface area contributed by atoms with Gasteiger partial charge in [0.05, 0.1) is 6.42 Å². The number of benzene rings is 1. The highest BCUT2D eigenvalue weighted by Crippen LogP contribution is 2.25. The number of hydrogen-bond acceptors (Lipinski definition) is 5. The zero-order chi connectivity index (χ0) is 24.5. The quantitative estimate of drug-likeness (QED) is 0.350. The number of carbonyl (C=O) groups excluding carboxylic acids is 2. The summed E-state index contributed by atoms with van der Waals surface area (Å²) < 4.78 is 10.9. The number of halogens is 2. The lowest BCUT2D eigenvalue weighted by atomic mass is 9.99. The van der Waals surface area contributed by atoms with Crippen LogP contribution in [-0.4, -0.2) is 54.2 Å². The van der Waals surface area contributed by atoms with E-state index in [9.17, 15) is 9.59 Å². The number of aryl methyl sites for hydroxylation is 1. The van der Waals surface area contributed by atoms with Gasteiger partial charge in [0.1, 0.15) is 11.2 Å². The van der Waals surface area contributed by atoms with Gasteiger partial charge >= 0.3 is 12.1 Å². The van der Waals surface area contributed by atoms with Crippen molar-refractivity contribution >= 4 is 41.0 Å². The number of carbonyl (C=O) groups is 2. The molecule has 182 valence electrons. The first-order chi connectivity index (χ1) is 14.7. The van der Waals surface area contributed by atoms with Crippen LogP contribution in [0.25, 0.3) is 0 Å². The number of nitrogens with one attached hydrogen (secondary N) is 1. The standard InChI is InChI=1S/C24H38Cl2N2O4/c1-17-8-9-20(28(12-10-25)13-11-26)18(14-17)15-19(16-21(29)31-23(2,3)4)27-22(30)32-24(5,6)7/h8-9,14,19H,10-13,15-16H2,1-7H3,(H,27,30). The summed E-state index contributed by atoms with van der Waals surface area (Å²) in [5.41, 5.74) is 1.79. The number of nitrogens with zero attached hydrogens (tertiary/aromatic N) is 1. The summed E-state index contributed by atoms with van der Waals surface area (Å²) in [6.45, 7) is 14.1. The van der Waals surface area contributed by atoms with Crippen molar-refractivity contribution in [1.82, 2.24) is 5.32 Å². The summed E-state index contributed by atoms with van der Waals surface area (Å²) in [5.74, 6) is 0.537. The van der Waals surface area contributed by atoms with Crippen molar-refractivity contribution in [1.29, 1.82) is 0 Å². The topological polar surface area (TPSA) is 67.9 Å². The van der Waals surface area contributed by atoms with E-state index in [1.54, 1.807) is 20.8 Å². The van der Waals surface area contributed by atoms with E-state index in [-0.39, 0.29) is 12.4 Å². The number of amides is 1. The Labute approximate surface area is 202 Å². The smallest absolute Gasteiger partial charge is 0.407 e.